The summed E-state index contributed by atoms with van der Waals surface area (Å²) in [7, 11) is -4.10. The minimum Gasteiger partial charge on any atom is -0.354 e. The molecule has 0 bridgehead atoms. The Kier molecular flexibility index (Phi) is 10.8. The largest absolute Gasteiger partial charge is 0.354 e. The number of anilines is 1. The molecule has 0 aromatic heterocycles. The van der Waals surface area contributed by atoms with Crippen LogP contribution >= 0.6 is 23.2 Å². The molecule has 0 heterocycles. The molecular weight excluding hydrogens is 557 g/mol. The average molecular weight is 591 g/mol. The molecule has 39 heavy (non-hydrogen) atoms. The molecule has 0 fully saturated rings. The molecule has 7 nitrogen and oxygen atoms in total. The number of unbranched alkanes of at least 4 members (excludes halogenated alkanes) is 1. The number of halogens is 2. The van der Waals surface area contributed by atoms with Gasteiger partial charge in [-0.15, -0.1) is 0 Å². The zero-order chi connectivity index (χ0) is 28.6. The zero-order valence-electron chi connectivity index (χ0n) is 22.2. The number of hydrogen-bond acceptors (Lipinski definition) is 4. The van der Waals surface area contributed by atoms with Crippen molar-refractivity contribution >= 4 is 50.7 Å². The molecule has 1 N–H and O–H groups in total. The van der Waals surface area contributed by atoms with Crippen molar-refractivity contribution in [3.63, 3.8) is 0 Å². The number of sulfonamides is 1. The number of nitrogens with zero attached hydrogens (tertiary/aromatic N) is 2. The van der Waals surface area contributed by atoms with Crippen LogP contribution < -0.4 is 9.62 Å². The first-order chi connectivity index (χ1) is 18.5. The highest BCUT2D eigenvalue weighted by Gasteiger charge is 2.32. The van der Waals surface area contributed by atoms with Crippen LogP contribution in [-0.2, 0) is 26.2 Å². The summed E-state index contributed by atoms with van der Waals surface area (Å²) in [5.74, 6) is -0.872. The van der Waals surface area contributed by atoms with Crippen LogP contribution in [0.25, 0.3) is 0 Å². The Morgan fingerprint density at radius 1 is 0.949 bits per heavy atom. The van der Waals surface area contributed by atoms with Gasteiger partial charge >= 0.3 is 0 Å². The summed E-state index contributed by atoms with van der Waals surface area (Å²) < 4.78 is 28.6. The van der Waals surface area contributed by atoms with E-state index in [1.807, 2.05) is 13.8 Å². The second-order valence-corrected chi connectivity index (χ2v) is 11.9. The molecule has 10 heteroatoms. The topological polar surface area (TPSA) is 86.8 Å². The maximum atomic E-state index is 13.9. The normalized spacial score (nSPS) is 12.0. The van der Waals surface area contributed by atoms with Crippen LogP contribution in [0.5, 0.6) is 0 Å². The van der Waals surface area contributed by atoms with Gasteiger partial charge in [-0.1, -0.05) is 78.5 Å². The first-order valence-electron chi connectivity index (χ1n) is 12.7. The number of carbonyl (C=O) groups excluding carboxylic acids is 2. The molecular formula is C29H33Cl2N3O4S. The summed E-state index contributed by atoms with van der Waals surface area (Å²) in [5, 5.41) is 3.54. The standard InChI is InChI=1S/C29H33Cl2N3O4S/c1-4-5-17-32-29(36)22(3)33(19-23-13-16-26(30)27(31)18-23)28(35)20-34(24-9-7-6-8-10-24)39(37,38)25-14-11-21(2)12-15-25/h6-16,18,22H,4-5,17,19-20H2,1-3H3,(H,32,36). The van der Waals surface area contributed by atoms with Gasteiger partial charge in [-0.25, -0.2) is 8.42 Å². The van der Waals surface area contributed by atoms with E-state index in [0.717, 1.165) is 22.7 Å². The van der Waals surface area contributed by atoms with E-state index in [4.69, 9.17) is 23.2 Å². The maximum absolute atomic E-state index is 13.9. The van der Waals surface area contributed by atoms with Crippen molar-refractivity contribution in [3.8, 4) is 0 Å². The lowest BCUT2D eigenvalue weighted by Gasteiger charge is -2.32. The fraction of sp³-hybridized carbons (Fsp3) is 0.310. The molecule has 0 radical (unpaired) electrons. The SMILES string of the molecule is CCCCNC(=O)C(C)N(Cc1ccc(Cl)c(Cl)c1)C(=O)CN(c1ccccc1)S(=O)(=O)c1ccc(C)cc1. The number of aryl methyl sites for hydroxylation is 1. The molecule has 208 valence electrons. The van der Waals surface area contributed by atoms with Gasteiger partial charge in [-0.3, -0.25) is 13.9 Å². The number of amides is 2. The average Bonchev–Trinajstić information content (AvgIpc) is 2.92. The minimum atomic E-state index is -4.10. The number of rotatable bonds is 12. The number of hydrogen-bond donors (Lipinski definition) is 1. The fourth-order valence-electron chi connectivity index (χ4n) is 3.91. The highest BCUT2D eigenvalue weighted by Crippen LogP contribution is 2.26. The Morgan fingerprint density at radius 2 is 1.62 bits per heavy atom. The van der Waals surface area contributed by atoms with Crippen molar-refractivity contribution in [1.82, 2.24) is 10.2 Å². The number of carbonyl (C=O) groups is 2. The molecule has 1 unspecified atom stereocenters. The van der Waals surface area contributed by atoms with Gasteiger partial charge in [0.2, 0.25) is 11.8 Å². The monoisotopic (exact) mass is 589 g/mol. The highest BCUT2D eigenvalue weighted by molar-refractivity contribution is 7.92. The molecule has 0 spiro atoms. The lowest BCUT2D eigenvalue weighted by atomic mass is 10.1. The van der Waals surface area contributed by atoms with Gasteiger partial charge in [0.1, 0.15) is 12.6 Å². The maximum Gasteiger partial charge on any atom is 0.264 e. The fourth-order valence-corrected chi connectivity index (χ4v) is 5.65. The van der Waals surface area contributed by atoms with Crippen LogP contribution in [-0.4, -0.2) is 44.3 Å². The van der Waals surface area contributed by atoms with Crippen molar-refractivity contribution < 1.29 is 18.0 Å². The Labute approximate surface area is 240 Å². The van der Waals surface area contributed by atoms with Crippen LogP contribution in [0.2, 0.25) is 10.0 Å². The van der Waals surface area contributed by atoms with Gasteiger partial charge in [-0.2, -0.15) is 0 Å². The lowest BCUT2D eigenvalue weighted by Crippen LogP contribution is -2.51. The van der Waals surface area contributed by atoms with Gasteiger partial charge in [0, 0.05) is 13.1 Å². The van der Waals surface area contributed by atoms with E-state index in [1.54, 1.807) is 67.6 Å². The van der Waals surface area contributed by atoms with E-state index in [0.29, 0.717) is 27.8 Å². The van der Waals surface area contributed by atoms with Crippen molar-refractivity contribution in [2.45, 2.75) is 51.1 Å². The van der Waals surface area contributed by atoms with Gasteiger partial charge in [-0.05, 0) is 62.2 Å². The third-order valence-electron chi connectivity index (χ3n) is 6.27. The van der Waals surface area contributed by atoms with Crippen LogP contribution in [0.3, 0.4) is 0 Å². The summed E-state index contributed by atoms with van der Waals surface area (Å²) in [4.78, 5) is 28.3. The second-order valence-electron chi connectivity index (χ2n) is 9.25. The first-order valence-corrected chi connectivity index (χ1v) is 14.9. The predicted molar refractivity (Wildman–Crippen MR) is 157 cm³/mol. The summed E-state index contributed by atoms with van der Waals surface area (Å²) in [6.45, 7) is 5.51. The molecule has 3 aromatic rings. The summed E-state index contributed by atoms with van der Waals surface area (Å²) in [6, 6.07) is 19.0. The first kappa shape index (κ1) is 30.5. The van der Waals surface area contributed by atoms with Crippen LogP contribution in [0.15, 0.2) is 77.7 Å². The van der Waals surface area contributed by atoms with Gasteiger partial charge in [0.25, 0.3) is 10.0 Å². The summed E-state index contributed by atoms with van der Waals surface area (Å²) >= 11 is 12.3. The van der Waals surface area contributed by atoms with Crippen molar-refractivity contribution in [3.05, 3.63) is 94.0 Å². The summed E-state index contributed by atoms with van der Waals surface area (Å²) in [6.07, 6.45) is 1.71. The highest BCUT2D eigenvalue weighted by atomic mass is 35.5. The quantitative estimate of drug-likeness (QED) is 0.269. The minimum absolute atomic E-state index is 0.0330. The van der Waals surface area contributed by atoms with Crippen LogP contribution in [0.1, 0.15) is 37.8 Å². The summed E-state index contributed by atoms with van der Waals surface area (Å²) in [5.41, 5.74) is 1.89. The molecule has 0 saturated heterocycles. The smallest absolute Gasteiger partial charge is 0.264 e. The molecule has 1 atom stereocenters. The van der Waals surface area contributed by atoms with Crippen LogP contribution in [0.4, 0.5) is 5.69 Å². The van der Waals surface area contributed by atoms with Gasteiger partial charge in [0.15, 0.2) is 0 Å². The van der Waals surface area contributed by atoms with Crippen molar-refractivity contribution in [1.29, 1.82) is 0 Å². The lowest BCUT2D eigenvalue weighted by molar-refractivity contribution is -0.139. The Balaban J connectivity index is 1.98. The van der Waals surface area contributed by atoms with Gasteiger partial charge in [0.05, 0.1) is 20.6 Å². The van der Waals surface area contributed by atoms with Crippen LogP contribution in [0, 0.1) is 6.92 Å². The molecule has 0 aliphatic carbocycles. The Bertz CT molecular complexity index is 1380. The number of para-hydroxylation sites is 1. The third-order valence-corrected chi connectivity index (χ3v) is 8.79. The Hall–Kier alpha value is -3.07. The molecule has 2 amide bonds. The molecule has 3 rings (SSSR count). The van der Waals surface area contributed by atoms with E-state index in [-0.39, 0.29) is 17.3 Å². The van der Waals surface area contributed by atoms with Crippen molar-refractivity contribution in [2.24, 2.45) is 0 Å². The van der Waals surface area contributed by atoms with E-state index in [9.17, 15) is 18.0 Å². The molecule has 3 aromatic carbocycles. The Morgan fingerprint density at radius 3 is 2.23 bits per heavy atom. The number of benzene rings is 3. The molecule has 0 saturated carbocycles. The molecule has 0 aliphatic rings. The molecule has 0 aliphatic heterocycles. The predicted octanol–water partition coefficient (Wildman–Crippen LogP) is 5.83. The third kappa shape index (κ3) is 7.97. The van der Waals surface area contributed by atoms with E-state index < -0.39 is 28.5 Å². The zero-order valence-corrected chi connectivity index (χ0v) is 24.6. The van der Waals surface area contributed by atoms with E-state index in [2.05, 4.69) is 5.32 Å². The second kappa shape index (κ2) is 13.8. The van der Waals surface area contributed by atoms with E-state index in [1.165, 1.54) is 17.0 Å². The van der Waals surface area contributed by atoms with Gasteiger partial charge < -0.3 is 10.2 Å². The van der Waals surface area contributed by atoms with E-state index >= 15 is 0 Å². The number of nitrogens with one attached hydrogen (secondary N) is 1. The van der Waals surface area contributed by atoms with Crippen molar-refractivity contribution in [2.75, 3.05) is 17.4 Å².